The van der Waals surface area contributed by atoms with E-state index in [1.165, 1.54) is 12.8 Å². The monoisotopic (exact) mass is 335 g/mol. The Hall–Kier alpha value is -2.69. The molecule has 128 valence electrons. The molecule has 1 atom stereocenters. The summed E-state index contributed by atoms with van der Waals surface area (Å²) in [6.07, 6.45) is 4.47. The molecule has 1 aromatic heterocycles. The summed E-state index contributed by atoms with van der Waals surface area (Å²) in [6.45, 7) is 1.34. The van der Waals surface area contributed by atoms with E-state index < -0.39 is 0 Å². The fourth-order valence-electron chi connectivity index (χ4n) is 3.23. The molecular formula is C20H21N3O2. The molecule has 0 bridgehead atoms. The Balaban J connectivity index is 1.37. The first-order valence-electron chi connectivity index (χ1n) is 8.79. The lowest BCUT2D eigenvalue weighted by molar-refractivity contribution is -0.128. The highest BCUT2D eigenvalue weighted by Crippen LogP contribution is 2.32. The Morgan fingerprint density at radius 3 is 2.60 bits per heavy atom. The van der Waals surface area contributed by atoms with Gasteiger partial charge in [-0.3, -0.25) is 9.59 Å². The number of likely N-dealkylation sites (tertiary alicyclic amines) is 1. The third-order valence-corrected chi connectivity index (χ3v) is 4.88. The van der Waals surface area contributed by atoms with Crippen LogP contribution in [0.25, 0.3) is 11.1 Å². The van der Waals surface area contributed by atoms with Crippen LogP contribution in [-0.2, 0) is 9.59 Å². The fourth-order valence-corrected chi connectivity index (χ4v) is 3.23. The molecular weight excluding hydrogens is 314 g/mol. The second-order valence-electron chi connectivity index (χ2n) is 6.93. The van der Waals surface area contributed by atoms with Crippen molar-refractivity contribution in [2.45, 2.75) is 19.3 Å². The smallest absolute Gasteiger partial charge is 0.230 e. The highest BCUT2D eigenvalue weighted by molar-refractivity contribution is 5.96. The maximum Gasteiger partial charge on any atom is 0.230 e. The fraction of sp³-hybridized carbons (Fsp3) is 0.350. The van der Waals surface area contributed by atoms with Crippen LogP contribution in [0.5, 0.6) is 0 Å². The molecule has 2 aromatic rings. The number of nitrogens with one attached hydrogen (secondary N) is 1. The number of aromatic nitrogens is 1. The molecule has 1 saturated heterocycles. The van der Waals surface area contributed by atoms with Crippen molar-refractivity contribution in [2.24, 2.45) is 11.8 Å². The summed E-state index contributed by atoms with van der Waals surface area (Å²) in [4.78, 5) is 30.6. The molecule has 5 heteroatoms. The highest BCUT2D eigenvalue weighted by Gasteiger charge is 2.37. The van der Waals surface area contributed by atoms with E-state index in [0.29, 0.717) is 24.7 Å². The normalized spacial score (nSPS) is 19.9. The molecule has 1 N–H and O–H groups in total. The molecule has 0 spiro atoms. The number of anilines is 1. The third-order valence-electron chi connectivity index (χ3n) is 4.88. The van der Waals surface area contributed by atoms with E-state index in [-0.39, 0.29) is 17.7 Å². The van der Waals surface area contributed by atoms with Crippen LogP contribution in [0.1, 0.15) is 19.3 Å². The van der Waals surface area contributed by atoms with E-state index in [1.54, 1.807) is 12.3 Å². The second kappa shape index (κ2) is 6.67. The van der Waals surface area contributed by atoms with E-state index in [2.05, 4.69) is 10.3 Å². The molecule has 5 nitrogen and oxygen atoms in total. The number of nitrogens with zero attached hydrogens (tertiary/aromatic N) is 2. The highest BCUT2D eigenvalue weighted by atomic mass is 16.2. The van der Waals surface area contributed by atoms with Gasteiger partial charge in [-0.15, -0.1) is 0 Å². The molecule has 1 aromatic carbocycles. The SMILES string of the molecule is O=C(Nc1ccc(-c2ccccc2)cn1)C1CC(=O)N(CC2CC2)C1. The summed E-state index contributed by atoms with van der Waals surface area (Å²) in [5.74, 6) is 0.878. The quantitative estimate of drug-likeness (QED) is 0.914. The zero-order chi connectivity index (χ0) is 17.2. The lowest BCUT2D eigenvalue weighted by Gasteiger charge is -2.15. The van der Waals surface area contributed by atoms with Gasteiger partial charge in [0.25, 0.3) is 0 Å². The van der Waals surface area contributed by atoms with Crippen LogP contribution >= 0.6 is 0 Å². The molecule has 2 heterocycles. The number of pyridine rings is 1. The molecule has 1 unspecified atom stereocenters. The van der Waals surface area contributed by atoms with Gasteiger partial charge in [0.15, 0.2) is 0 Å². The summed E-state index contributed by atoms with van der Waals surface area (Å²) >= 11 is 0. The van der Waals surface area contributed by atoms with Crippen LogP contribution in [0.15, 0.2) is 48.7 Å². The van der Waals surface area contributed by atoms with Crippen molar-refractivity contribution in [1.29, 1.82) is 0 Å². The van der Waals surface area contributed by atoms with Crippen molar-refractivity contribution < 1.29 is 9.59 Å². The number of benzene rings is 1. The molecule has 25 heavy (non-hydrogen) atoms. The minimum atomic E-state index is -0.276. The predicted octanol–water partition coefficient (Wildman–Crippen LogP) is 2.95. The maximum atomic E-state index is 12.4. The van der Waals surface area contributed by atoms with Gasteiger partial charge in [-0.1, -0.05) is 30.3 Å². The van der Waals surface area contributed by atoms with E-state index in [4.69, 9.17) is 0 Å². The minimum Gasteiger partial charge on any atom is -0.342 e. The first kappa shape index (κ1) is 15.8. The first-order valence-corrected chi connectivity index (χ1v) is 8.79. The summed E-state index contributed by atoms with van der Waals surface area (Å²) < 4.78 is 0. The van der Waals surface area contributed by atoms with Crippen molar-refractivity contribution in [1.82, 2.24) is 9.88 Å². The van der Waals surface area contributed by atoms with Gasteiger partial charge in [-0.2, -0.15) is 0 Å². The number of carbonyl (C=O) groups excluding carboxylic acids is 2. The van der Waals surface area contributed by atoms with Crippen molar-refractivity contribution in [3.8, 4) is 11.1 Å². The molecule has 2 fully saturated rings. The maximum absolute atomic E-state index is 12.4. The van der Waals surface area contributed by atoms with Gasteiger partial charge in [-0.05, 0) is 36.5 Å². The largest absolute Gasteiger partial charge is 0.342 e. The summed E-state index contributed by atoms with van der Waals surface area (Å²) in [5.41, 5.74) is 2.09. The molecule has 2 amide bonds. The summed E-state index contributed by atoms with van der Waals surface area (Å²) in [6, 6.07) is 13.7. The zero-order valence-electron chi connectivity index (χ0n) is 14.0. The number of hydrogen-bond acceptors (Lipinski definition) is 3. The lowest BCUT2D eigenvalue weighted by Crippen LogP contribution is -2.30. The predicted molar refractivity (Wildman–Crippen MR) is 95.7 cm³/mol. The van der Waals surface area contributed by atoms with Crippen LogP contribution in [-0.4, -0.2) is 34.8 Å². The van der Waals surface area contributed by atoms with Crippen LogP contribution in [0.2, 0.25) is 0 Å². The third kappa shape index (κ3) is 3.71. The number of amides is 2. The van der Waals surface area contributed by atoms with Crippen LogP contribution in [0, 0.1) is 11.8 Å². The molecule has 1 aliphatic carbocycles. The molecule has 1 saturated carbocycles. The standard InChI is InChI=1S/C20H21N3O2/c24-19-10-17(13-23(19)12-14-6-7-14)20(25)22-18-9-8-16(11-21-18)15-4-2-1-3-5-15/h1-5,8-9,11,14,17H,6-7,10,12-13H2,(H,21,22,25). The van der Waals surface area contributed by atoms with Crippen LogP contribution in [0.3, 0.4) is 0 Å². The van der Waals surface area contributed by atoms with Crippen molar-refractivity contribution in [3.63, 3.8) is 0 Å². The van der Waals surface area contributed by atoms with Gasteiger partial charge < -0.3 is 10.2 Å². The van der Waals surface area contributed by atoms with Crippen molar-refractivity contribution >= 4 is 17.6 Å². The van der Waals surface area contributed by atoms with E-state index in [1.807, 2.05) is 41.3 Å². The average molecular weight is 335 g/mol. The molecule has 1 aliphatic heterocycles. The molecule has 0 radical (unpaired) electrons. The molecule has 4 rings (SSSR count). The van der Waals surface area contributed by atoms with Gasteiger partial charge in [0.05, 0.1) is 5.92 Å². The Labute approximate surface area is 147 Å². The lowest BCUT2D eigenvalue weighted by atomic mass is 10.1. The zero-order valence-corrected chi connectivity index (χ0v) is 14.0. The minimum absolute atomic E-state index is 0.0967. The van der Waals surface area contributed by atoms with Crippen molar-refractivity contribution in [2.75, 3.05) is 18.4 Å². The van der Waals surface area contributed by atoms with Crippen LogP contribution < -0.4 is 5.32 Å². The number of carbonyl (C=O) groups is 2. The van der Waals surface area contributed by atoms with Crippen LogP contribution in [0.4, 0.5) is 5.82 Å². The van der Waals surface area contributed by atoms with Gasteiger partial charge in [-0.25, -0.2) is 4.98 Å². The Bertz CT molecular complexity index is 769. The Morgan fingerprint density at radius 2 is 1.92 bits per heavy atom. The van der Waals surface area contributed by atoms with E-state index >= 15 is 0 Å². The van der Waals surface area contributed by atoms with E-state index in [0.717, 1.165) is 17.7 Å². The number of rotatable bonds is 5. The summed E-state index contributed by atoms with van der Waals surface area (Å²) in [5, 5.41) is 2.84. The Morgan fingerprint density at radius 1 is 1.12 bits per heavy atom. The van der Waals surface area contributed by atoms with E-state index in [9.17, 15) is 9.59 Å². The number of hydrogen-bond donors (Lipinski definition) is 1. The van der Waals surface area contributed by atoms with Gasteiger partial charge in [0, 0.05) is 31.3 Å². The molecule has 2 aliphatic rings. The Kier molecular flexibility index (Phi) is 4.22. The topological polar surface area (TPSA) is 62.3 Å². The second-order valence-corrected chi connectivity index (χ2v) is 6.93. The van der Waals surface area contributed by atoms with Gasteiger partial charge in [0.1, 0.15) is 5.82 Å². The average Bonchev–Trinajstić information content (AvgIpc) is 3.38. The summed E-state index contributed by atoms with van der Waals surface area (Å²) in [7, 11) is 0. The van der Waals surface area contributed by atoms with Gasteiger partial charge >= 0.3 is 0 Å². The van der Waals surface area contributed by atoms with Gasteiger partial charge in [0.2, 0.25) is 11.8 Å². The first-order chi connectivity index (χ1) is 12.2. The van der Waals surface area contributed by atoms with Crippen molar-refractivity contribution in [3.05, 3.63) is 48.7 Å².